The highest BCUT2D eigenvalue weighted by Crippen LogP contribution is 2.38. The van der Waals surface area contributed by atoms with Crippen LogP contribution in [-0.2, 0) is 14.1 Å². The Morgan fingerprint density at radius 3 is 1.89 bits per heavy atom. The first kappa shape index (κ1) is 18.9. The molecule has 8 rings (SSSR count). The van der Waals surface area contributed by atoms with Crippen LogP contribution in [-0.4, -0.2) is 14.1 Å². The molecule has 0 saturated heterocycles. The molecule has 5 aromatic carbocycles. The van der Waals surface area contributed by atoms with Crippen LogP contribution in [0, 0.1) is 0 Å². The van der Waals surface area contributed by atoms with Crippen molar-refractivity contribution in [2.24, 2.45) is 14.1 Å². The van der Waals surface area contributed by atoms with Crippen LogP contribution >= 0.6 is 0 Å². The molecule has 0 saturated carbocycles. The summed E-state index contributed by atoms with van der Waals surface area (Å²) in [5.41, 5.74) is 9.92. The number of nitrogens with one attached hydrogen (secondary N) is 1. The van der Waals surface area contributed by atoms with E-state index in [2.05, 4.69) is 125 Å². The van der Waals surface area contributed by atoms with Gasteiger partial charge in [0.15, 0.2) is 0 Å². The van der Waals surface area contributed by atoms with Gasteiger partial charge in [-0.05, 0) is 53.6 Å². The summed E-state index contributed by atoms with van der Waals surface area (Å²) in [6.07, 6.45) is 0. The molecule has 3 heterocycles. The Morgan fingerprint density at radius 1 is 0.429 bits per heavy atom. The molecule has 0 aliphatic carbocycles. The Hall–Kier alpha value is -4.50. The molecule has 0 amide bonds. The van der Waals surface area contributed by atoms with Gasteiger partial charge >= 0.3 is 0 Å². The second kappa shape index (κ2) is 6.55. The Balaban J connectivity index is 1.38. The van der Waals surface area contributed by atoms with Crippen LogP contribution in [0.5, 0.6) is 0 Å². The third-order valence-electron chi connectivity index (χ3n) is 7.88. The van der Waals surface area contributed by atoms with E-state index in [9.17, 15) is 0 Å². The number of fused-ring (bicyclic) bond motifs is 9. The molecule has 0 atom stereocenters. The molecule has 8 aromatic rings. The third-order valence-corrected chi connectivity index (χ3v) is 7.88. The van der Waals surface area contributed by atoms with Crippen LogP contribution in [0.4, 0.5) is 0 Å². The van der Waals surface area contributed by atoms with E-state index in [1.54, 1.807) is 0 Å². The van der Waals surface area contributed by atoms with E-state index in [0.717, 1.165) is 0 Å². The number of aryl methyl sites for hydroxylation is 2. The fourth-order valence-corrected chi connectivity index (χ4v) is 6.06. The molecule has 1 N–H and O–H groups in total. The van der Waals surface area contributed by atoms with Gasteiger partial charge in [0.05, 0.1) is 11.0 Å². The van der Waals surface area contributed by atoms with Gasteiger partial charge in [-0.25, -0.2) is 0 Å². The summed E-state index contributed by atoms with van der Waals surface area (Å²) in [5.74, 6) is 0. The number of nitrogens with zero attached hydrogens (tertiary/aromatic N) is 2. The number of hydrogen-bond donors (Lipinski definition) is 1. The minimum atomic E-state index is 1.18. The molecule has 0 aliphatic rings. The maximum atomic E-state index is 3.54. The van der Waals surface area contributed by atoms with Gasteiger partial charge in [-0.2, -0.15) is 0 Å². The number of aromatic amines is 1. The van der Waals surface area contributed by atoms with Crippen molar-refractivity contribution in [2.75, 3.05) is 0 Å². The first-order valence-corrected chi connectivity index (χ1v) is 12.1. The van der Waals surface area contributed by atoms with Crippen molar-refractivity contribution in [3.05, 3.63) is 97.1 Å². The number of benzene rings is 5. The smallest absolute Gasteiger partial charge is 0.0510 e. The van der Waals surface area contributed by atoms with Crippen molar-refractivity contribution in [1.82, 2.24) is 14.1 Å². The van der Waals surface area contributed by atoms with Gasteiger partial charge in [-0.1, -0.05) is 54.6 Å². The first-order chi connectivity index (χ1) is 17.2. The quantitative estimate of drug-likeness (QED) is 0.261. The average Bonchev–Trinajstić information content (AvgIpc) is 3.51. The fraction of sp³-hybridized carbons (Fsp3) is 0.0625. The van der Waals surface area contributed by atoms with Gasteiger partial charge in [0.25, 0.3) is 0 Å². The van der Waals surface area contributed by atoms with Crippen LogP contribution in [0.25, 0.3) is 76.5 Å². The topological polar surface area (TPSA) is 25.6 Å². The summed E-state index contributed by atoms with van der Waals surface area (Å²) < 4.78 is 4.65. The van der Waals surface area contributed by atoms with E-state index in [-0.39, 0.29) is 0 Å². The van der Waals surface area contributed by atoms with Crippen molar-refractivity contribution >= 4 is 65.4 Å². The Labute approximate surface area is 201 Å². The maximum Gasteiger partial charge on any atom is 0.0510 e. The monoisotopic (exact) mass is 449 g/mol. The van der Waals surface area contributed by atoms with E-state index in [0.29, 0.717) is 0 Å². The van der Waals surface area contributed by atoms with Crippen LogP contribution in [0.3, 0.4) is 0 Å². The zero-order valence-electron chi connectivity index (χ0n) is 19.6. The molecule has 3 heteroatoms. The Bertz CT molecular complexity index is 2130. The van der Waals surface area contributed by atoms with Crippen molar-refractivity contribution in [3.8, 4) is 11.1 Å². The minimum absolute atomic E-state index is 1.18. The van der Waals surface area contributed by atoms with Crippen molar-refractivity contribution in [2.45, 2.75) is 0 Å². The molecule has 0 spiro atoms. The zero-order valence-corrected chi connectivity index (χ0v) is 19.6. The molecule has 3 nitrogen and oxygen atoms in total. The molecule has 166 valence electrons. The molecular formula is C32H23N3. The highest BCUT2D eigenvalue weighted by molar-refractivity contribution is 6.18. The second-order valence-corrected chi connectivity index (χ2v) is 9.68. The van der Waals surface area contributed by atoms with E-state index in [1.165, 1.54) is 76.5 Å². The van der Waals surface area contributed by atoms with Gasteiger partial charge in [0, 0.05) is 68.5 Å². The van der Waals surface area contributed by atoms with Gasteiger partial charge in [-0.3, -0.25) is 0 Å². The largest absolute Gasteiger partial charge is 0.355 e. The molecule has 0 radical (unpaired) electrons. The van der Waals surface area contributed by atoms with E-state index >= 15 is 0 Å². The van der Waals surface area contributed by atoms with E-state index in [1.807, 2.05) is 0 Å². The van der Waals surface area contributed by atoms with Gasteiger partial charge < -0.3 is 14.1 Å². The summed E-state index contributed by atoms with van der Waals surface area (Å²) >= 11 is 0. The first-order valence-electron chi connectivity index (χ1n) is 12.1. The summed E-state index contributed by atoms with van der Waals surface area (Å²) in [7, 11) is 4.35. The number of H-pyrrole nitrogens is 1. The van der Waals surface area contributed by atoms with Crippen LogP contribution in [0.15, 0.2) is 97.1 Å². The summed E-state index contributed by atoms with van der Waals surface area (Å²) in [5, 5.41) is 7.78. The lowest BCUT2D eigenvalue weighted by molar-refractivity contribution is 1.00. The van der Waals surface area contributed by atoms with E-state index in [4.69, 9.17) is 0 Å². The second-order valence-electron chi connectivity index (χ2n) is 9.68. The molecular weight excluding hydrogens is 426 g/mol. The minimum Gasteiger partial charge on any atom is -0.355 e. The van der Waals surface area contributed by atoms with Crippen LogP contribution < -0.4 is 0 Å². The molecule has 3 aromatic heterocycles. The van der Waals surface area contributed by atoms with Gasteiger partial charge in [-0.15, -0.1) is 0 Å². The van der Waals surface area contributed by atoms with E-state index < -0.39 is 0 Å². The third kappa shape index (κ3) is 2.45. The summed E-state index contributed by atoms with van der Waals surface area (Å²) in [4.78, 5) is 3.54. The normalized spacial score (nSPS) is 12.3. The standard InChI is InChI=1S/C32H23N3/c1-34-29-10-6-4-8-22(29)25-17-26-23-13-11-20(16-30(23)35(2)32(26)18-31(25)34)19-12-14-28-24(15-19)21-7-3-5-9-27(21)33-28/h3-18,33H,1-2H3. The molecule has 35 heavy (non-hydrogen) atoms. The lowest BCUT2D eigenvalue weighted by Gasteiger charge is -2.05. The predicted octanol–water partition coefficient (Wildman–Crippen LogP) is 8.28. The van der Waals surface area contributed by atoms with Crippen LogP contribution in [0.2, 0.25) is 0 Å². The van der Waals surface area contributed by atoms with Crippen molar-refractivity contribution in [1.29, 1.82) is 0 Å². The summed E-state index contributed by atoms with van der Waals surface area (Å²) in [6.45, 7) is 0. The Morgan fingerprint density at radius 2 is 1.03 bits per heavy atom. The van der Waals surface area contributed by atoms with Crippen LogP contribution in [0.1, 0.15) is 0 Å². The average molecular weight is 450 g/mol. The van der Waals surface area contributed by atoms with Crippen molar-refractivity contribution in [3.63, 3.8) is 0 Å². The number of aromatic nitrogens is 3. The molecule has 0 bridgehead atoms. The Kier molecular flexibility index (Phi) is 3.53. The predicted molar refractivity (Wildman–Crippen MR) is 149 cm³/mol. The zero-order chi connectivity index (χ0) is 23.3. The number of para-hydroxylation sites is 2. The molecule has 0 unspecified atom stereocenters. The highest BCUT2D eigenvalue weighted by Gasteiger charge is 2.15. The van der Waals surface area contributed by atoms with Gasteiger partial charge in [0.1, 0.15) is 0 Å². The van der Waals surface area contributed by atoms with Crippen molar-refractivity contribution < 1.29 is 0 Å². The summed E-state index contributed by atoms with van der Waals surface area (Å²) in [6, 6.07) is 35.6. The maximum absolute atomic E-state index is 3.54. The number of rotatable bonds is 1. The van der Waals surface area contributed by atoms with Gasteiger partial charge in [0.2, 0.25) is 0 Å². The fourth-order valence-electron chi connectivity index (χ4n) is 6.06. The highest BCUT2D eigenvalue weighted by atomic mass is 15.0. The SMILES string of the molecule is Cn1c2ccccc2c2cc3c4ccc(-c5ccc6[nH]c7ccccc7c6c5)cc4n(C)c3cc21. The molecule has 0 fully saturated rings. The molecule has 0 aliphatic heterocycles. The number of hydrogen-bond acceptors (Lipinski definition) is 0. The lowest BCUT2D eigenvalue weighted by Crippen LogP contribution is -1.89. The lowest BCUT2D eigenvalue weighted by atomic mass is 10.0.